The molecule has 1 N–H and O–H groups in total. The first kappa shape index (κ1) is 16.2. The van der Waals surface area contributed by atoms with Gasteiger partial charge in [-0.1, -0.05) is 25.4 Å². The molecule has 0 aliphatic rings. The van der Waals surface area contributed by atoms with Crippen LogP contribution in [-0.2, 0) is 10.0 Å². The quantitative estimate of drug-likeness (QED) is 0.907. The summed E-state index contributed by atoms with van der Waals surface area (Å²) in [4.78, 5) is 4.10. The van der Waals surface area contributed by atoms with Gasteiger partial charge in [-0.25, -0.2) is 13.4 Å². The molecule has 0 spiro atoms. The number of pyridine rings is 1. The molecule has 1 unspecified atom stereocenters. The van der Waals surface area contributed by atoms with Gasteiger partial charge in [0.2, 0.25) is 10.0 Å². The van der Waals surface area contributed by atoms with E-state index < -0.39 is 10.0 Å². The van der Waals surface area contributed by atoms with Crippen molar-refractivity contribution in [3.05, 3.63) is 17.3 Å². The molecule has 0 saturated heterocycles. The largest absolute Gasteiger partial charge is 0.372 e. The van der Waals surface area contributed by atoms with E-state index in [1.807, 2.05) is 20.8 Å². The zero-order valence-electron chi connectivity index (χ0n) is 11.8. The molecule has 1 aromatic heterocycles. The van der Waals surface area contributed by atoms with Gasteiger partial charge in [0.1, 0.15) is 10.7 Å². The number of rotatable bonds is 5. The highest BCUT2D eigenvalue weighted by atomic mass is 35.5. The van der Waals surface area contributed by atoms with Crippen LogP contribution in [0, 0.1) is 5.92 Å². The zero-order valence-corrected chi connectivity index (χ0v) is 13.4. The van der Waals surface area contributed by atoms with Crippen molar-refractivity contribution >= 4 is 27.4 Å². The predicted octanol–water partition coefficient (Wildman–Crippen LogP) is 2.44. The third-order valence-corrected chi connectivity index (χ3v) is 5.47. The fraction of sp³-hybridized carbons (Fsp3) is 0.583. The fourth-order valence-corrected chi connectivity index (χ4v) is 3.34. The van der Waals surface area contributed by atoms with Crippen molar-refractivity contribution in [3.8, 4) is 0 Å². The molecule has 0 amide bonds. The second-order valence-electron chi connectivity index (χ2n) is 4.76. The minimum absolute atomic E-state index is 0.103. The molecule has 1 heterocycles. The van der Waals surface area contributed by atoms with Crippen molar-refractivity contribution in [1.82, 2.24) is 9.29 Å². The van der Waals surface area contributed by atoms with Crippen molar-refractivity contribution in [3.63, 3.8) is 0 Å². The Balaban J connectivity index is 3.17. The number of nitrogens with zero attached hydrogens (tertiary/aromatic N) is 2. The zero-order chi connectivity index (χ0) is 14.8. The molecule has 0 aliphatic carbocycles. The molecule has 0 saturated carbocycles. The maximum absolute atomic E-state index is 12.4. The highest BCUT2D eigenvalue weighted by Gasteiger charge is 2.27. The predicted molar refractivity (Wildman–Crippen MR) is 78.0 cm³/mol. The average molecular weight is 306 g/mol. The van der Waals surface area contributed by atoms with Gasteiger partial charge in [0.15, 0.2) is 0 Å². The number of sulfonamides is 1. The van der Waals surface area contributed by atoms with Gasteiger partial charge in [0, 0.05) is 26.3 Å². The molecule has 1 atom stereocenters. The van der Waals surface area contributed by atoms with E-state index in [4.69, 9.17) is 11.6 Å². The van der Waals surface area contributed by atoms with Gasteiger partial charge in [0.05, 0.1) is 5.02 Å². The van der Waals surface area contributed by atoms with Crippen LogP contribution < -0.4 is 5.32 Å². The monoisotopic (exact) mass is 305 g/mol. The molecular formula is C12H20ClN3O2S. The maximum Gasteiger partial charge on any atom is 0.244 e. The first-order chi connectivity index (χ1) is 8.71. The number of nitrogens with one attached hydrogen (secondary N) is 1. The van der Waals surface area contributed by atoms with Crippen LogP contribution >= 0.6 is 11.6 Å². The minimum Gasteiger partial charge on any atom is -0.372 e. The maximum atomic E-state index is 12.4. The van der Waals surface area contributed by atoms with Crippen LogP contribution in [0.25, 0.3) is 0 Å². The Morgan fingerprint density at radius 3 is 2.37 bits per heavy atom. The Kier molecular flexibility index (Phi) is 5.18. The smallest absolute Gasteiger partial charge is 0.244 e. The van der Waals surface area contributed by atoms with E-state index in [-0.39, 0.29) is 21.9 Å². The van der Waals surface area contributed by atoms with Crippen molar-refractivity contribution in [2.75, 3.05) is 19.4 Å². The normalized spacial score (nSPS) is 13.9. The van der Waals surface area contributed by atoms with Crippen LogP contribution in [0.5, 0.6) is 0 Å². The molecule has 1 aromatic rings. The number of halogens is 1. The Labute approximate surface area is 120 Å². The van der Waals surface area contributed by atoms with E-state index in [0.29, 0.717) is 5.82 Å². The molecule has 0 aliphatic heterocycles. The molecule has 0 aromatic carbocycles. The highest BCUT2D eigenvalue weighted by Crippen LogP contribution is 2.25. The standard InChI is InChI=1S/C12H20ClN3O2S/c1-8(2)9(3)16(5)19(17,18)10-6-11(13)12(14-4)15-7-10/h6-9H,1-5H3,(H,14,15). The number of hydrogen-bond donors (Lipinski definition) is 1. The molecule has 0 bridgehead atoms. The Morgan fingerprint density at radius 1 is 1.37 bits per heavy atom. The van der Waals surface area contributed by atoms with Crippen LogP contribution in [0.15, 0.2) is 17.2 Å². The van der Waals surface area contributed by atoms with Crippen LogP contribution in [0.1, 0.15) is 20.8 Å². The number of aromatic nitrogens is 1. The van der Waals surface area contributed by atoms with E-state index in [1.165, 1.54) is 16.6 Å². The topological polar surface area (TPSA) is 62.3 Å². The second-order valence-corrected chi connectivity index (χ2v) is 7.16. The van der Waals surface area contributed by atoms with Gasteiger partial charge < -0.3 is 5.32 Å². The lowest BCUT2D eigenvalue weighted by Gasteiger charge is -2.27. The SMILES string of the molecule is CNc1ncc(S(=O)(=O)N(C)C(C)C(C)C)cc1Cl. The minimum atomic E-state index is -3.57. The van der Waals surface area contributed by atoms with Crippen molar-refractivity contribution < 1.29 is 8.42 Å². The first-order valence-corrected chi connectivity index (χ1v) is 7.85. The Morgan fingerprint density at radius 2 is 1.95 bits per heavy atom. The van der Waals surface area contributed by atoms with Crippen LogP contribution in [-0.4, -0.2) is 37.8 Å². The lowest BCUT2D eigenvalue weighted by atomic mass is 10.1. The average Bonchev–Trinajstić information content (AvgIpc) is 2.36. The first-order valence-electron chi connectivity index (χ1n) is 6.03. The summed E-state index contributed by atoms with van der Waals surface area (Å²) in [7, 11) is -0.327. The van der Waals surface area contributed by atoms with Gasteiger partial charge in [0.25, 0.3) is 0 Å². The summed E-state index contributed by atoms with van der Waals surface area (Å²) in [6.45, 7) is 5.83. The third kappa shape index (κ3) is 3.38. The van der Waals surface area contributed by atoms with Gasteiger partial charge in [-0.05, 0) is 18.9 Å². The van der Waals surface area contributed by atoms with Crippen LogP contribution in [0.4, 0.5) is 5.82 Å². The fourth-order valence-electron chi connectivity index (χ4n) is 1.55. The van der Waals surface area contributed by atoms with Gasteiger partial charge >= 0.3 is 0 Å². The summed E-state index contributed by atoms with van der Waals surface area (Å²) in [5, 5.41) is 3.08. The number of anilines is 1. The highest BCUT2D eigenvalue weighted by molar-refractivity contribution is 7.89. The van der Waals surface area contributed by atoms with E-state index >= 15 is 0 Å². The summed E-state index contributed by atoms with van der Waals surface area (Å²) >= 11 is 5.97. The summed E-state index contributed by atoms with van der Waals surface area (Å²) in [5.74, 6) is 0.681. The summed E-state index contributed by atoms with van der Waals surface area (Å²) in [5.41, 5.74) is 0. The lowest BCUT2D eigenvalue weighted by molar-refractivity contribution is 0.315. The van der Waals surface area contributed by atoms with E-state index in [0.717, 1.165) is 0 Å². The Hall–Kier alpha value is -0.850. The van der Waals surface area contributed by atoms with Crippen LogP contribution in [0.2, 0.25) is 5.02 Å². The molecule has 108 valence electrons. The van der Waals surface area contributed by atoms with Crippen molar-refractivity contribution in [1.29, 1.82) is 0 Å². The van der Waals surface area contributed by atoms with Crippen molar-refractivity contribution in [2.45, 2.75) is 31.7 Å². The third-order valence-electron chi connectivity index (χ3n) is 3.27. The van der Waals surface area contributed by atoms with E-state index in [2.05, 4.69) is 10.3 Å². The number of hydrogen-bond acceptors (Lipinski definition) is 4. The van der Waals surface area contributed by atoms with Gasteiger partial charge in [-0.15, -0.1) is 0 Å². The molecule has 1 rings (SSSR count). The molecule has 5 nitrogen and oxygen atoms in total. The lowest BCUT2D eigenvalue weighted by Crippen LogP contribution is -2.38. The van der Waals surface area contributed by atoms with E-state index in [1.54, 1.807) is 14.1 Å². The summed E-state index contributed by atoms with van der Waals surface area (Å²) in [6.07, 6.45) is 1.32. The molecule has 0 radical (unpaired) electrons. The molecule has 7 heteroatoms. The van der Waals surface area contributed by atoms with Gasteiger partial charge in [-0.3, -0.25) is 0 Å². The van der Waals surface area contributed by atoms with E-state index in [9.17, 15) is 8.42 Å². The van der Waals surface area contributed by atoms with Crippen molar-refractivity contribution in [2.24, 2.45) is 5.92 Å². The van der Waals surface area contributed by atoms with Crippen LogP contribution in [0.3, 0.4) is 0 Å². The van der Waals surface area contributed by atoms with Gasteiger partial charge in [-0.2, -0.15) is 4.31 Å². The summed E-state index contributed by atoms with van der Waals surface area (Å²) < 4.78 is 26.2. The molecular weight excluding hydrogens is 286 g/mol. The molecule has 19 heavy (non-hydrogen) atoms. The molecule has 0 fully saturated rings. The Bertz CT molecular complexity index is 546. The summed E-state index contributed by atoms with van der Waals surface area (Å²) in [6, 6.07) is 1.31. The second kappa shape index (κ2) is 6.07.